The molecule has 2 N–H and O–H groups in total. The van der Waals surface area contributed by atoms with E-state index in [0.717, 1.165) is 57.7 Å². The van der Waals surface area contributed by atoms with Gasteiger partial charge in [-0.2, -0.15) is 0 Å². The zero-order chi connectivity index (χ0) is 23.8. The number of benzene rings is 2. The molecule has 2 aromatic heterocycles. The number of Topliss-reactive ketones (excluding diaryl/α,β-unsaturated/α-hetero) is 2. The Hall–Kier alpha value is -3.09. The Kier molecular flexibility index (Phi) is 8.39. The van der Waals surface area contributed by atoms with Crippen LogP contribution in [0.15, 0.2) is 66.9 Å². The molecule has 2 heterocycles. The van der Waals surface area contributed by atoms with Crippen LogP contribution in [0.3, 0.4) is 0 Å². The first-order valence-electron chi connectivity index (χ1n) is 12.0. The molecule has 0 spiro atoms. The number of ketones is 2. The first kappa shape index (κ1) is 24.0. The molecular weight excluding hydrogens is 442 g/mol. The third-order valence-electron chi connectivity index (χ3n) is 6.06. The Bertz CT molecular complexity index is 1200. The van der Waals surface area contributed by atoms with Crippen molar-refractivity contribution in [1.29, 1.82) is 0 Å². The van der Waals surface area contributed by atoms with Gasteiger partial charge in [-0.05, 0) is 35.9 Å². The number of thiophene rings is 1. The standard InChI is InChI=1S/C28H31N3O2S/c1-2-22(32)14-7-4-8-15-23(28-30-18-24(31-28)20-11-5-3-6-12-20)29-19-25(33)27-17-21-13-9-10-16-26(21)34-27/h3,5-6,9-13,16-18,23,29H,2,4,7-8,14-15,19H2,1H3,(H,30,31)/t23-/m0/s1. The topological polar surface area (TPSA) is 74.8 Å². The highest BCUT2D eigenvalue weighted by atomic mass is 32.1. The van der Waals surface area contributed by atoms with Gasteiger partial charge in [0.2, 0.25) is 0 Å². The average molecular weight is 474 g/mol. The molecule has 0 fully saturated rings. The number of hydrogen-bond donors (Lipinski definition) is 2. The molecule has 0 aliphatic rings. The van der Waals surface area contributed by atoms with Gasteiger partial charge in [0.15, 0.2) is 5.78 Å². The third-order valence-corrected chi connectivity index (χ3v) is 7.22. The maximum absolute atomic E-state index is 12.9. The summed E-state index contributed by atoms with van der Waals surface area (Å²) in [6, 6.07) is 20.1. The Balaban J connectivity index is 1.42. The number of aromatic amines is 1. The van der Waals surface area contributed by atoms with Crippen molar-refractivity contribution in [2.45, 2.75) is 51.5 Å². The molecule has 0 bridgehead atoms. The normalized spacial score (nSPS) is 12.1. The van der Waals surface area contributed by atoms with Crippen LogP contribution in [0.25, 0.3) is 21.3 Å². The van der Waals surface area contributed by atoms with Crippen LogP contribution >= 0.6 is 11.3 Å². The van der Waals surface area contributed by atoms with Crippen LogP contribution in [0.5, 0.6) is 0 Å². The van der Waals surface area contributed by atoms with Gasteiger partial charge in [-0.3, -0.25) is 9.59 Å². The van der Waals surface area contributed by atoms with Crippen molar-refractivity contribution in [2.75, 3.05) is 6.54 Å². The van der Waals surface area contributed by atoms with Gasteiger partial charge in [-0.25, -0.2) is 4.98 Å². The lowest BCUT2D eigenvalue weighted by atomic mass is 10.0. The average Bonchev–Trinajstić information content (AvgIpc) is 3.53. The van der Waals surface area contributed by atoms with E-state index >= 15 is 0 Å². The molecule has 0 radical (unpaired) electrons. The quantitative estimate of drug-likeness (QED) is 0.167. The zero-order valence-electron chi connectivity index (χ0n) is 19.5. The van der Waals surface area contributed by atoms with E-state index in [1.807, 2.05) is 61.7 Å². The van der Waals surface area contributed by atoms with Crippen LogP contribution in [0.1, 0.15) is 67.0 Å². The Morgan fingerprint density at radius 2 is 1.82 bits per heavy atom. The first-order valence-corrected chi connectivity index (χ1v) is 12.8. The van der Waals surface area contributed by atoms with Crippen LogP contribution < -0.4 is 5.32 Å². The van der Waals surface area contributed by atoms with E-state index < -0.39 is 0 Å². The summed E-state index contributed by atoms with van der Waals surface area (Å²) in [5, 5.41) is 4.55. The number of unbranched alkanes of at least 4 members (excludes halogenated alkanes) is 2. The predicted molar refractivity (Wildman–Crippen MR) is 139 cm³/mol. The van der Waals surface area contributed by atoms with Crippen LogP contribution in [0, 0.1) is 0 Å². The fourth-order valence-electron chi connectivity index (χ4n) is 4.06. The number of aromatic nitrogens is 2. The fraction of sp³-hybridized carbons (Fsp3) is 0.321. The Labute approximate surface area is 204 Å². The number of rotatable bonds is 13. The molecule has 4 rings (SSSR count). The summed E-state index contributed by atoms with van der Waals surface area (Å²) in [4.78, 5) is 33.4. The summed E-state index contributed by atoms with van der Waals surface area (Å²) in [5.41, 5.74) is 2.05. The minimum Gasteiger partial charge on any atom is -0.341 e. The number of fused-ring (bicyclic) bond motifs is 1. The van der Waals surface area contributed by atoms with E-state index in [0.29, 0.717) is 18.6 Å². The molecule has 4 aromatic rings. The van der Waals surface area contributed by atoms with Crippen LogP contribution in [-0.4, -0.2) is 28.1 Å². The molecule has 5 nitrogen and oxygen atoms in total. The highest BCUT2D eigenvalue weighted by Crippen LogP contribution is 2.26. The number of carbonyl (C=O) groups excluding carboxylic acids is 2. The van der Waals surface area contributed by atoms with Crippen molar-refractivity contribution < 1.29 is 9.59 Å². The molecular formula is C28H31N3O2S. The monoisotopic (exact) mass is 473 g/mol. The maximum Gasteiger partial charge on any atom is 0.186 e. The van der Waals surface area contributed by atoms with Crippen molar-refractivity contribution in [3.63, 3.8) is 0 Å². The minimum atomic E-state index is -0.0577. The van der Waals surface area contributed by atoms with Gasteiger partial charge in [-0.1, -0.05) is 68.3 Å². The second kappa shape index (κ2) is 11.9. The van der Waals surface area contributed by atoms with Gasteiger partial charge >= 0.3 is 0 Å². The molecule has 0 saturated heterocycles. The number of nitrogens with one attached hydrogen (secondary N) is 2. The second-order valence-corrected chi connectivity index (χ2v) is 9.63. The molecule has 1 atom stereocenters. The summed E-state index contributed by atoms with van der Waals surface area (Å²) < 4.78 is 1.13. The maximum atomic E-state index is 12.9. The largest absolute Gasteiger partial charge is 0.341 e. The predicted octanol–water partition coefficient (Wildman–Crippen LogP) is 6.73. The third kappa shape index (κ3) is 6.27. The van der Waals surface area contributed by atoms with Gasteiger partial charge in [0.25, 0.3) is 0 Å². The Morgan fingerprint density at radius 3 is 2.62 bits per heavy atom. The first-order chi connectivity index (χ1) is 16.6. The number of imidazole rings is 1. The number of nitrogens with zero attached hydrogens (tertiary/aromatic N) is 1. The van der Waals surface area contributed by atoms with Gasteiger partial charge in [-0.15, -0.1) is 11.3 Å². The van der Waals surface area contributed by atoms with E-state index in [1.54, 1.807) is 0 Å². The second-order valence-electron chi connectivity index (χ2n) is 8.54. The van der Waals surface area contributed by atoms with Crippen LogP contribution in [0.4, 0.5) is 0 Å². The van der Waals surface area contributed by atoms with Crippen molar-refractivity contribution in [2.24, 2.45) is 0 Å². The highest BCUT2D eigenvalue weighted by Gasteiger charge is 2.18. The summed E-state index contributed by atoms with van der Waals surface area (Å²) in [7, 11) is 0. The van der Waals surface area contributed by atoms with Gasteiger partial charge in [0.05, 0.1) is 29.4 Å². The lowest BCUT2D eigenvalue weighted by molar-refractivity contribution is -0.118. The van der Waals surface area contributed by atoms with E-state index in [1.165, 1.54) is 11.3 Å². The molecule has 34 heavy (non-hydrogen) atoms. The summed E-state index contributed by atoms with van der Waals surface area (Å²) in [5.74, 6) is 1.25. The van der Waals surface area contributed by atoms with Gasteiger partial charge < -0.3 is 10.3 Å². The molecule has 0 unspecified atom stereocenters. The molecule has 176 valence electrons. The number of H-pyrrole nitrogens is 1. The highest BCUT2D eigenvalue weighted by molar-refractivity contribution is 7.20. The van der Waals surface area contributed by atoms with E-state index in [4.69, 9.17) is 0 Å². The van der Waals surface area contributed by atoms with Crippen molar-refractivity contribution >= 4 is 33.0 Å². The van der Waals surface area contributed by atoms with E-state index in [9.17, 15) is 9.59 Å². The van der Waals surface area contributed by atoms with Crippen LogP contribution in [-0.2, 0) is 4.79 Å². The van der Waals surface area contributed by atoms with Crippen molar-refractivity contribution in [3.8, 4) is 11.3 Å². The lowest BCUT2D eigenvalue weighted by Crippen LogP contribution is -2.28. The molecule has 0 amide bonds. The summed E-state index contributed by atoms with van der Waals surface area (Å²) >= 11 is 1.54. The molecule has 6 heteroatoms. The van der Waals surface area contributed by atoms with Crippen molar-refractivity contribution in [3.05, 3.63) is 77.6 Å². The Morgan fingerprint density at radius 1 is 1.03 bits per heavy atom. The number of carbonyl (C=O) groups is 2. The SMILES string of the molecule is CCC(=O)CCCCC[C@H](NCC(=O)c1cc2ccccc2s1)c1ncc(-c2ccccc2)[nH]1. The molecule has 0 saturated carbocycles. The van der Waals surface area contributed by atoms with Crippen LogP contribution in [0.2, 0.25) is 0 Å². The van der Waals surface area contributed by atoms with E-state index in [2.05, 4.69) is 27.4 Å². The molecule has 2 aromatic carbocycles. The molecule has 0 aliphatic heterocycles. The lowest BCUT2D eigenvalue weighted by Gasteiger charge is -2.16. The summed E-state index contributed by atoms with van der Waals surface area (Å²) in [6.45, 7) is 2.17. The number of hydrogen-bond acceptors (Lipinski definition) is 5. The van der Waals surface area contributed by atoms with Gasteiger partial charge in [0, 0.05) is 17.5 Å². The van der Waals surface area contributed by atoms with E-state index in [-0.39, 0.29) is 18.4 Å². The minimum absolute atomic E-state index is 0.0577. The van der Waals surface area contributed by atoms with Crippen molar-refractivity contribution in [1.82, 2.24) is 15.3 Å². The van der Waals surface area contributed by atoms with Gasteiger partial charge in [0.1, 0.15) is 11.6 Å². The zero-order valence-corrected chi connectivity index (χ0v) is 20.4. The smallest absolute Gasteiger partial charge is 0.186 e. The summed E-state index contributed by atoms with van der Waals surface area (Å²) in [6.07, 6.45) is 6.83. The molecule has 0 aliphatic carbocycles. The fourth-order valence-corrected chi connectivity index (χ4v) is 5.06.